The van der Waals surface area contributed by atoms with Crippen LogP contribution in [0.5, 0.6) is 11.5 Å². The minimum absolute atomic E-state index is 0.0989. The van der Waals surface area contributed by atoms with Gasteiger partial charge in [-0.15, -0.1) is 11.3 Å². The number of carbonyl (C=O) groups excluding carboxylic acids is 2. The third-order valence-corrected chi connectivity index (χ3v) is 18.8. The summed E-state index contributed by atoms with van der Waals surface area (Å²) in [5, 5.41) is 14.7. The highest BCUT2D eigenvalue weighted by atomic mass is 127. The lowest BCUT2D eigenvalue weighted by Crippen LogP contribution is -2.66. The third kappa shape index (κ3) is 7.99. The van der Waals surface area contributed by atoms with Gasteiger partial charge >= 0.3 is 0 Å². The SMILES string of the molecule is COc1cc(/C=C(/CC[C@H]2OC[C@H]3C2=C(CO[Si](c2ccccc2)(c2ccccc2)C(C)(C)C)C[C@H]2C(=O)N(Cc4cccs4)C(=O)[C@H]23)c2ccccn2)cc(I)c1O. The number of pyridine rings is 1. The Kier molecular flexibility index (Phi) is 12.1. The van der Waals surface area contributed by atoms with Crippen LogP contribution in [-0.4, -0.2) is 61.5 Å². The van der Waals surface area contributed by atoms with Crippen LogP contribution >= 0.6 is 33.9 Å². The van der Waals surface area contributed by atoms with Gasteiger partial charge in [0.15, 0.2) is 11.5 Å². The number of halogens is 1. The van der Waals surface area contributed by atoms with Crippen LogP contribution in [0.4, 0.5) is 0 Å². The minimum atomic E-state index is -2.94. The number of allylic oxidation sites excluding steroid dienone is 1. The molecule has 8 rings (SSSR count). The van der Waals surface area contributed by atoms with E-state index in [1.807, 2.05) is 60.0 Å². The van der Waals surface area contributed by atoms with Crippen molar-refractivity contribution in [2.24, 2.45) is 17.8 Å². The Hall–Kier alpha value is -4.40. The number of rotatable bonds is 13. The maximum absolute atomic E-state index is 14.4. The number of carbonyl (C=O) groups is 2. The molecule has 2 saturated heterocycles. The normalized spacial score (nSPS) is 20.9. The Morgan fingerprint density at radius 1 is 0.966 bits per heavy atom. The van der Waals surface area contributed by atoms with Gasteiger partial charge < -0.3 is 19.0 Å². The van der Waals surface area contributed by atoms with Gasteiger partial charge in [0.05, 0.1) is 54.1 Å². The molecule has 3 aliphatic rings. The van der Waals surface area contributed by atoms with E-state index in [9.17, 15) is 14.7 Å². The molecule has 1 N–H and O–H groups in total. The van der Waals surface area contributed by atoms with Crippen LogP contribution in [0.25, 0.3) is 11.6 Å². The molecule has 304 valence electrons. The van der Waals surface area contributed by atoms with Gasteiger partial charge in [-0.2, -0.15) is 0 Å². The number of ether oxygens (including phenoxy) is 2. The quantitative estimate of drug-likeness (QED) is 0.0546. The minimum Gasteiger partial charge on any atom is -0.504 e. The molecular formula is C48H49IN2O6SSi. The van der Waals surface area contributed by atoms with Crippen LogP contribution in [0.3, 0.4) is 0 Å². The summed E-state index contributed by atoms with van der Waals surface area (Å²) >= 11 is 3.68. The number of phenols is 1. The molecule has 2 aliphatic heterocycles. The Bertz CT molecular complexity index is 2330. The second kappa shape index (κ2) is 17.3. The first-order chi connectivity index (χ1) is 28.5. The van der Waals surface area contributed by atoms with Crippen molar-refractivity contribution in [1.29, 1.82) is 0 Å². The summed E-state index contributed by atoms with van der Waals surface area (Å²) in [4.78, 5) is 35.9. The molecule has 2 fully saturated rings. The molecule has 3 aromatic carbocycles. The summed E-state index contributed by atoms with van der Waals surface area (Å²) in [5.41, 5.74) is 4.93. The number of thiophene rings is 1. The maximum Gasteiger partial charge on any atom is 0.261 e. The van der Waals surface area contributed by atoms with E-state index >= 15 is 0 Å². The molecule has 11 heteroatoms. The van der Waals surface area contributed by atoms with Crippen molar-refractivity contribution in [2.75, 3.05) is 20.3 Å². The molecule has 4 atom stereocenters. The van der Waals surface area contributed by atoms with Gasteiger partial charge in [-0.05, 0) is 121 Å². The molecule has 0 unspecified atom stereocenters. The van der Waals surface area contributed by atoms with Crippen molar-refractivity contribution >= 4 is 76.1 Å². The van der Waals surface area contributed by atoms with Crippen LogP contribution in [0.2, 0.25) is 5.04 Å². The Labute approximate surface area is 365 Å². The standard InChI is InChI=1S/C48H49IN2O6SSi/c1-48(2,3)59(35-15-7-5-8-16-35,36-17-9-6-10-18-36)57-29-33-27-37-44(47(54)51(46(37)53)28-34-14-13-23-58-34)38-30-56-41(43(33)38)21-20-32(40-19-11-12-22-50-40)24-31-25-39(49)45(52)42(26-31)55-4/h5-19,22-26,37-38,41,44,52H,20-21,27-30H2,1-4H3/b32-24-/t37-,38+,41-,44-/m1/s1. The number of aromatic nitrogens is 1. The number of hydrogen-bond donors (Lipinski definition) is 1. The second-order valence-electron chi connectivity index (χ2n) is 16.6. The fourth-order valence-electron chi connectivity index (χ4n) is 9.49. The first-order valence-corrected chi connectivity index (χ1v) is 24.0. The zero-order valence-electron chi connectivity index (χ0n) is 33.8. The van der Waals surface area contributed by atoms with Crippen molar-refractivity contribution in [3.63, 3.8) is 0 Å². The van der Waals surface area contributed by atoms with E-state index in [-0.39, 0.29) is 34.6 Å². The molecule has 0 saturated carbocycles. The summed E-state index contributed by atoms with van der Waals surface area (Å²) in [6, 6.07) is 34.8. The predicted molar refractivity (Wildman–Crippen MR) is 244 cm³/mol. The highest BCUT2D eigenvalue weighted by molar-refractivity contribution is 14.1. The molecule has 0 radical (unpaired) electrons. The number of nitrogens with zero attached hydrogens (tertiary/aromatic N) is 2. The summed E-state index contributed by atoms with van der Waals surface area (Å²) < 4.78 is 20.5. The van der Waals surface area contributed by atoms with E-state index in [2.05, 4.69) is 98.0 Å². The molecule has 8 nitrogen and oxygen atoms in total. The van der Waals surface area contributed by atoms with Crippen molar-refractivity contribution in [3.05, 3.63) is 146 Å². The molecule has 2 aromatic heterocycles. The highest BCUT2D eigenvalue weighted by Crippen LogP contribution is 2.51. The second-order valence-corrected chi connectivity index (χ2v) is 23.1. The van der Waals surface area contributed by atoms with Crippen molar-refractivity contribution in [3.8, 4) is 11.5 Å². The largest absolute Gasteiger partial charge is 0.504 e. The molecule has 59 heavy (non-hydrogen) atoms. The van der Waals surface area contributed by atoms with E-state index in [0.717, 1.165) is 32.9 Å². The van der Waals surface area contributed by atoms with Crippen molar-refractivity contribution in [1.82, 2.24) is 9.88 Å². The van der Waals surface area contributed by atoms with Gasteiger partial charge in [-0.25, -0.2) is 0 Å². The third-order valence-electron chi connectivity index (χ3n) is 12.2. The van der Waals surface area contributed by atoms with Gasteiger partial charge in [0.25, 0.3) is 8.32 Å². The molecule has 5 aromatic rings. The van der Waals surface area contributed by atoms with Gasteiger partial charge in [0, 0.05) is 17.0 Å². The molecule has 0 bridgehead atoms. The van der Waals surface area contributed by atoms with Gasteiger partial charge in [0.1, 0.15) is 0 Å². The summed E-state index contributed by atoms with van der Waals surface area (Å²) in [5.74, 6) is -0.855. The zero-order valence-corrected chi connectivity index (χ0v) is 37.7. The lowest BCUT2D eigenvalue weighted by molar-refractivity contribution is -0.140. The van der Waals surface area contributed by atoms with Crippen LogP contribution in [-0.2, 0) is 25.3 Å². The fourth-order valence-corrected chi connectivity index (χ4v) is 15.4. The summed E-state index contributed by atoms with van der Waals surface area (Å²) in [7, 11) is -1.39. The Morgan fingerprint density at radius 3 is 2.31 bits per heavy atom. The first kappa shape index (κ1) is 41.3. The fraction of sp³-hybridized carbons (Fsp3) is 0.312. The topological polar surface area (TPSA) is 98.2 Å². The number of amides is 2. The average molecular weight is 937 g/mol. The Balaban J connectivity index is 1.18. The van der Waals surface area contributed by atoms with Crippen molar-refractivity contribution < 1.29 is 28.6 Å². The van der Waals surface area contributed by atoms with Gasteiger partial charge in [0.2, 0.25) is 11.8 Å². The van der Waals surface area contributed by atoms with Crippen LogP contribution < -0.4 is 15.1 Å². The van der Waals surface area contributed by atoms with Crippen LogP contribution in [0.15, 0.2) is 126 Å². The van der Waals surface area contributed by atoms with Crippen LogP contribution in [0.1, 0.15) is 56.2 Å². The number of aromatic hydroxyl groups is 1. The average Bonchev–Trinajstić information content (AvgIpc) is 3.98. The Morgan fingerprint density at radius 2 is 1.68 bits per heavy atom. The van der Waals surface area contributed by atoms with E-state index in [4.69, 9.17) is 18.9 Å². The molecule has 1 aliphatic carbocycles. The predicted octanol–water partition coefficient (Wildman–Crippen LogP) is 8.88. The number of likely N-dealkylation sites (tertiary alicyclic amines) is 1. The number of imide groups is 1. The van der Waals surface area contributed by atoms with E-state index in [1.54, 1.807) is 24.6 Å². The molecule has 0 spiro atoms. The van der Waals surface area contributed by atoms with Crippen LogP contribution in [0, 0.1) is 21.3 Å². The lowest BCUT2D eigenvalue weighted by atomic mass is 9.69. The number of methoxy groups -OCH3 is 1. The monoisotopic (exact) mass is 936 g/mol. The molecular weight excluding hydrogens is 888 g/mol. The van der Waals surface area contributed by atoms with E-state index < -0.39 is 20.2 Å². The number of phenolic OH excluding ortho intramolecular Hbond substituents is 1. The summed E-state index contributed by atoms with van der Waals surface area (Å²) in [6.45, 7) is 7.82. The van der Waals surface area contributed by atoms with E-state index in [0.29, 0.717) is 48.3 Å². The van der Waals surface area contributed by atoms with Gasteiger partial charge in [-0.3, -0.25) is 19.5 Å². The van der Waals surface area contributed by atoms with E-state index in [1.165, 1.54) is 15.3 Å². The number of fused-ring (bicyclic) bond motifs is 3. The number of benzene rings is 3. The smallest absolute Gasteiger partial charge is 0.261 e. The highest BCUT2D eigenvalue weighted by Gasteiger charge is 2.58. The van der Waals surface area contributed by atoms with Gasteiger partial charge in [-0.1, -0.05) is 93.6 Å². The lowest BCUT2D eigenvalue weighted by Gasteiger charge is -2.44. The summed E-state index contributed by atoms with van der Waals surface area (Å²) in [6.07, 6.45) is 5.33. The maximum atomic E-state index is 14.4. The zero-order chi connectivity index (χ0) is 41.3. The molecule has 2 amide bonds. The first-order valence-electron chi connectivity index (χ1n) is 20.1. The number of hydrogen-bond acceptors (Lipinski definition) is 8. The molecule has 4 heterocycles. The van der Waals surface area contributed by atoms with Crippen molar-refractivity contribution in [2.45, 2.75) is 57.7 Å².